The molecule has 0 N–H and O–H groups in total. The van der Waals surface area contributed by atoms with E-state index in [1.165, 1.54) is 0 Å². The maximum atomic E-state index is 12.2. The van der Waals surface area contributed by atoms with E-state index in [0.29, 0.717) is 13.2 Å². The van der Waals surface area contributed by atoms with Crippen molar-refractivity contribution in [2.24, 2.45) is 0 Å². The van der Waals surface area contributed by atoms with Crippen LogP contribution in [0.2, 0.25) is 0 Å². The van der Waals surface area contributed by atoms with Crippen molar-refractivity contribution in [3.05, 3.63) is 0 Å². The van der Waals surface area contributed by atoms with Crippen LogP contribution in [0.4, 0.5) is 0 Å². The van der Waals surface area contributed by atoms with Gasteiger partial charge in [0.05, 0.1) is 19.4 Å². The highest BCUT2D eigenvalue weighted by atomic mass is 31.2. The van der Waals surface area contributed by atoms with Gasteiger partial charge in [0.25, 0.3) is 0 Å². The molecule has 0 aliphatic rings. The Labute approximate surface area is 115 Å². The molecule has 0 atom stereocenters. The van der Waals surface area contributed by atoms with E-state index in [4.69, 9.17) is 18.5 Å². The van der Waals surface area contributed by atoms with Crippen molar-refractivity contribution < 1.29 is 27.9 Å². The Bertz CT molecular complexity index is 278. The standard InChI is InChI=1S/C12H25O6P/c1-5-15-12(16-6-2)11(13)9-10-19(14,17-7-3)18-8-4/h12H,5-10H2,1-4H3. The van der Waals surface area contributed by atoms with Crippen LogP contribution in [0.5, 0.6) is 0 Å². The molecule has 19 heavy (non-hydrogen) atoms. The van der Waals surface area contributed by atoms with E-state index < -0.39 is 13.9 Å². The summed E-state index contributed by atoms with van der Waals surface area (Å²) in [6, 6.07) is 0. The highest BCUT2D eigenvalue weighted by Gasteiger charge is 2.27. The van der Waals surface area contributed by atoms with Crippen LogP contribution in [0.25, 0.3) is 0 Å². The van der Waals surface area contributed by atoms with Gasteiger partial charge in [-0.1, -0.05) is 0 Å². The van der Waals surface area contributed by atoms with Gasteiger partial charge in [-0.3, -0.25) is 9.36 Å². The second kappa shape index (κ2) is 10.5. The lowest BCUT2D eigenvalue weighted by Gasteiger charge is -2.19. The molecule has 0 amide bonds. The molecule has 0 bridgehead atoms. The highest BCUT2D eigenvalue weighted by molar-refractivity contribution is 7.53. The lowest BCUT2D eigenvalue weighted by molar-refractivity contribution is -0.167. The number of Topliss-reactive ketones (excluding diaryl/α,β-unsaturated/α-hetero) is 1. The van der Waals surface area contributed by atoms with E-state index in [1.54, 1.807) is 27.7 Å². The summed E-state index contributed by atoms with van der Waals surface area (Å²) in [6.45, 7) is 8.36. The van der Waals surface area contributed by atoms with Crippen LogP contribution in [0, 0.1) is 0 Å². The monoisotopic (exact) mass is 296 g/mol. The van der Waals surface area contributed by atoms with Crippen LogP contribution in [0.15, 0.2) is 0 Å². The molecule has 0 aliphatic carbocycles. The van der Waals surface area contributed by atoms with E-state index in [1.807, 2.05) is 0 Å². The van der Waals surface area contributed by atoms with Crippen molar-refractivity contribution in [2.75, 3.05) is 32.6 Å². The van der Waals surface area contributed by atoms with E-state index in [0.717, 1.165) is 0 Å². The molecule has 7 heteroatoms. The Kier molecular flexibility index (Phi) is 10.4. The zero-order valence-corrected chi connectivity index (χ0v) is 13.1. The fourth-order valence-corrected chi connectivity index (χ4v) is 3.08. The smallest absolute Gasteiger partial charge is 0.331 e. The maximum absolute atomic E-state index is 12.2. The first kappa shape index (κ1) is 18.7. The van der Waals surface area contributed by atoms with Crippen molar-refractivity contribution in [2.45, 2.75) is 40.4 Å². The van der Waals surface area contributed by atoms with Gasteiger partial charge in [-0.05, 0) is 27.7 Å². The molecular weight excluding hydrogens is 271 g/mol. The Balaban J connectivity index is 4.40. The first-order valence-electron chi connectivity index (χ1n) is 6.66. The zero-order valence-electron chi connectivity index (χ0n) is 12.2. The van der Waals surface area contributed by atoms with Gasteiger partial charge in [0.1, 0.15) is 0 Å². The number of hydrogen-bond acceptors (Lipinski definition) is 6. The van der Waals surface area contributed by atoms with Gasteiger partial charge >= 0.3 is 7.60 Å². The second-order valence-corrected chi connectivity index (χ2v) is 5.81. The van der Waals surface area contributed by atoms with E-state index in [9.17, 15) is 9.36 Å². The van der Waals surface area contributed by atoms with Crippen molar-refractivity contribution in [3.63, 3.8) is 0 Å². The number of ketones is 1. The van der Waals surface area contributed by atoms with Gasteiger partial charge in [0.2, 0.25) is 6.29 Å². The van der Waals surface area contributed by atoms with Crippen molar-refractivity contribution >= 4 is 13.4 Å². The molecule has 0 heterocycles. The minimum absolute atomic E-state index is 0.0436. The zero-order chi connectivity index (χ0) is 14.7. The van der Waals surface area contributed by atoms with Gasteiger partial charge in [0.15, 0.2) is 5.78 Å². The van der Waals surface area contributed by atoms with Crippen molar-refractivity contribution in [1.82, 2.24) is 0 Å². The first-order chi connectivity index (χ1) is 9.02. The largest absolute Gasteiger partial charge is 0.346 e. The van der Waals surface area contributed by atoms with Gasteiger partial charge in [0, 0.05) is 19.6 Å². The summed E-state index contributed by atoms with van der Waals surface area (Å²) in [4.78, 5) is 11.9. The molecule has 0 rings (SSSR count). The Morgan fingerprint density at radius 3 is 1.79 bits per heavy atom. The van der Waals surface area contributed by atoms with Crippen LogP contribution in [0.3, 0.4) is 0 Å². The van der Waals surface area contributed by atoms with E-state index in [2.05, 4.69) is 0 Å². The molecule has 0 aromatic carbocycles. The van der Waals surface area contributed by atoms with Gasteiger partial charge in [-0.2, -0.15) is 0 Å². The summed E-state index contributed by atoms with van der Waals surface area (Å²) in [5.41, 5.74) is 0. The number of hydrogen-bond donors (Lipinski definition) is 0. The molecule has 0 aromatic heterocycles. The van der Waals surface area contributed by atoms with E-state index in [-0.39, 0.29) is 31.6 Å². The summed E-state index contributed by atoms with van der Waals surface area (Å²) < 4.78 is 32.8. The Morgan fingerprint density at radius 2 is 1.42 bits per heavy atom. The predicted octanol–water partition coefficient (Wildman–Crippen LogP) is 2.61. The highest BCUT2D eigenvalue weighted by Crippen LogP contribution is 2.48. The second-order valence-electron chi connectivity index (χ2n) is 3.63. The third-order valence-corrected chi connectivity index (χ3v) is 4.26. The quantitative estimate of drug-likeness (QED) is 0.407. The topological polar surface area (TPSA) is 71.1 Å². The summed E-state index contributed by atoms with van der Waals surface area (Å²) in [5, 5.41) is 0. The van der Waals surface area contributed by atoms with Gasteiger partial charge in [-0.15, -0.1) is 0 Å². The summed E-state index contributed by atoms with van der Waals surface area (Å²) in [5.74, 6) is -0.247. The number of ether oxygens (including phenoxy) is 2. The molecule has 114 valence electrons. The summed E-state index contributed by atoms with van der Waals surface area (Å²) >= 11 is 0. The van der Waals surface area contributed by atoms with Crippen molar-refractivity contribution in [3.8, 4) is 0 Å². The maximum Gasteiger partial charge on any atom is 0.331 e. The minimum Gasteiger partial charge on any atom is -0.346 e. The van der Waals surface area contributed by atoms with Crippen LogP contribution >= 0.6 is 7.60 Å². The average molecular weight is 296 g/mol. The summed E-state index contributed by atoms with van der Waals surface area (Å²) in [6.07, 6.45) is -0.807. The Hall–Kier alpha value is -0.260. The molecule has 6 nitrogen and oxygen atoms in total. The SMILES string of the molecule is CCOC(OCC)C(=O)CCP(=O)(OCC)OCC. The fourth-order valence-electron chi connectivity index (χ4n) is 1.46. The number of carbonyl (C=O) groups excluding carboxylic acids is 1. The van der Waals surface area contributed by atoms with Gasteiger partial charge < -0.3 is 18.5 Å². The van der Waals surface area contributed by atoms with Crippen LogP contribution < -0.4 is 0 Å². The number of rotatable bonds is 12. The third kappa shape index (κ3) is 7.80. The molecule has 0 unspecified atom stereocenters. The number of carbonyl (C=O) groups is 1. The molecule has 0 saturated heterocycles. The first-order valence-corrected chi connectivity index (χ1v) is 8.39. The molecular formula is C12H25O6P. The minimum atomic E-state index is -3.18. The van der Waals surface area contributed by atoms with Crippen LogP contribution in [-0.2, 0) is 27.9 Å². The fraction of sp³-hybridized carbons (Fsp3) is 0.917. The van der Waals surface area contributed by atoms with E-state index >= 15 is 0 Å². The molecule has 0 fully saturated rings. The van der Waals surface area contributed by atoms with Gasteiger partial charge in [-0.25, -0.2) is 0 Å². The lowest BCUT2D eigenvalue weighted by atomic mass is 10.3. The van der Waals surface area contributed by atoms with Crippen LogP contribution in [0.1, 0.15) is 34.1 Å². The summed E-state index contributed by atoms with van der Waals surface area (Å²) in [7, 11) is -3.18. The average Bonchev–Trinajstić information content (AvgIpc) is 2.36. The molecule has 0 aromatic rings. The third-order valence-electron chi connectivity index (χ3n) is 2.18. The normalized spacial score (nSPS) is 12.1. The molecule has 0 saturated carbocycles. The lowest BCUT2D eigenvalue weighted by Crippen LogP contribution is -2.28. The molecule has 0 spiro atoms. The molecule has 0 radical (unpaired) electrons. The molecule has 0 aliphatic heterocycles. The van der Waals surface area contributed by atoms with Crippen molar-refractivity contribution in [1.29, 1.82) is 0 Å². The Morgan fingerprint density at radius 1 is 0.947 bits per heavy atom. The predicted molar refractivity (Wildman–Crippen MR) is 72.4 cm³/mol. The van der Waals surface area contributed by atoms with Crippen LogP contribution in [-0.4, -0.2) is 44.7 Å².